The van der Waals surface area contributed by atoms with Crippen LogP contribution < -0.4 is 10.1 Å². The highest BCUT2D eigenvalue weighted by Gasteiger charge is 2.08. The SMILES string of the molecule is COc1cccc(CCNC(=O)OCc2ccccc2)c1O. The minimum absolute atomic E-state index is 0.101. The van der Waals surface area contributed by atoms with E-state index in [0.29, 0.717) is 24.3 Å². The second kappa shape index (κ2) is 7.93. The highest BCUT2D eigenvalue weighted by Crippen LogP contribution is 2.29. The fourth-order valence-electron chi connectivity index (χ4n) is 2.01. The zero-order valence-electron chi connectivity index (χ0n) is 12.4. The summed E-state index contributed by atoms with van der Waals surface area (Å²) < 4.78 is 10.1. The van der Waals surface area contributed by atoms with Gasteiger partial charge >= 0.3 is 6.09 Å². The van der Waals surface area contributed by atoms with Gasteiger partial charge in [-0.15, -0.1) is 0 Å². The molecule has 0 aromatic heterocycles. The number of aromatic hydroxyl groups is 1. The molecular formula is C17H19NO4. The summed E-state index contributed by atoms with van der Waals surface area (Å²) in [6.45, 7) is 0.603. The van der Waals surface area contributed by atoms with E-state index in [9.17, 15) is 9.90 Å². The summed E-state index contributed by atoms with van der Waals surface area (Å²) in [6.07, 6.45) is 0.00922. The number of hydrogen-bond donors (Lipinski definition) is 2. The number of phenolic OH excluding ortho intramolecular Hbond substituents is 1. The van der Waals surface area contributed by atoms with Crippen molar-refractivity contribution in [3.8, 4) is 11.5 Å². The summed E-state index contributed by atoms with van der Waals surface area (Å²) in [5.41, 5.74) is 1.64. The largest absolute Gasteiger partial charge is 0.504 e. The third-order valence-corrected chi connectivity index (χ3v) is 3.18. The lowest BCUT2D eigenvalue weighted by atomic mass is 10.1. The second-order valence-corrected chi connectivity index (χ2v) is 4.71. The average molecular weight is 301 g/mol. The van der Waals surface area contributed by atoms with Gasteiger partial charge in [-0.05, 0) is 23.6 Å². The Balaban J connectivity index is 1.75. The zero-order chi connectivity index (χ0) is 15.8. The van der Waals surface area contributed by atoms with Crippen molar-refractivity contribution in [1.29, 1.82) is 0 Å². The van der Waals surface area contributed by atoms with Gasteiger partial charge in [0.25, 0.3) is 0 Å². The number of amides is 1. The molecule has 2 aromatic rings. The molecule has 0 spiro atoms. The summed E-state index contributed by atoms with van der Waals surface area (Å²) >= 11 is 0. The molecule has 22 heavy (non-hydrogen) atoms. The number of ether oxygens (including phenoxy) is 2. The maximum absolute atomic E-state index is 11.6. The van der Waals surface area contributed by atoms with Gasteiger partial charge in [-0.1, -0.05) is 42.5 Å². The van der Waals surface area contributed by atoms with Crippen LogP contribution in [-0.2, 0) is 17.8 Å². The Morgan fingerprint density at radius 1 is 1.14 bits per heavy atom. The van der Waals surface area contributed by atoms with Crippen molar-refractivity contribution in [1.82, 2.24) is 5.32 Å². The normalized spacial score (nSPS) is 10.0. The summed E-state index contributed by atoms with van der Waals surface area (Å²) in [5.74, 6) is 0.522. The quantitative estimate of drug-likeness (QED) is 0.861. The molecule has 5 heteroatoms. The minimum atomic E-state index is -0.480. The van der Waals surface area contributed by atoms with Gasteiger partial charge < -0.3 is 19.9 Å². The molecule has 0 fully saturated rings. The van der Waals surface area contributed by atoms with Crippen LogP contribution in [0.25, 0.3) is 0 Å². The monoisotopic (exact) mass is 301 g/mol. The lowest BCUT2D eigenvalue weighted by molar-refractivity contribution is 0.140. The van der Waals surface area contributed by atoms with Crippen LogP contribution in [0.5, 0.6) is 11.5 Å². The summed E-state index contributed by atoms with van der Waals surface area (Å²) in [7, 11) is 1.50. The lowest BCUT2D eigenvalue weighted by Crippen LogP contribution is -2.26. The van der Waals surface area contributed by atoms with Gasteiger partial charge in [0.2, 0.25) is 0 Å². The van der Waals surface area contributed by atoms with Gasteiger partial charge in [0.05, 0.1) is 7.11 Å². The van der Waals surface area contributed by atoms with Crippen LogP contribution in [0.1, 0.15) is 11.1 Å². The van der Waals surface area contributed by atoms with Gasteiger partial charge in [0.1, 0.15) is 6.61 Å². The Morgan fingerprint density at radius 2 is 1.91 bits per heavy atom. The van der Waals surface area contributed by atoms with E-state index in [1.54, 1.807) is 18.2 Å². The molecule has 2 rings (SSSR count). The van der Waals surface area contributed by atoms with E-state index in [2.05, 4.69) is 5.32 Å². The fourth-order valence-corrected chi connectivity index (χ4v) is 2.01. The van der Waals surface area contributed by atoms with E-state index in [1.807, 2.05) is 30.3 Å². The Hall–Kier alpha value is -2.69. The van der Waals surface area contributed by atoms with Crippen molar-refractivity contribution in [3.05, 3.63) is 59.7 Å². The molecule has 0 radical (unpaired) electrons. The van der Waals surface area contributed by atoms with Gasteiger partial charge in [-0.2, -0.15) is 0 Å². The Morgan fingerprint density at radius 3 is 2.64 bits per heavy atom. The van der Waals surface area contributed by atoms with Crippen molar-refractivity contribution in [2.45, 2.75) is 13.0 Å². The van der Waals surface area contributed by atoms with Crippen molar-refractivity contribution < 1.29 is 19.4 Å². The van der Waals surface area contributed by atoms with Gasteiger partial charge in [-0.25, -0.2) is 4.79 Å². The number of benzene rings is 2. The molecule has 0 bridgehead atoms. The third-order valence-electron chi connectivity index (χ3n) is 3.18. The van der Waals surface area contributed by atoms with Crippen LogP contribution in [0.15, 0.2) is 48.5 Å². The summed E-state index contributed by atoms with van der Waals surface area (Å²) in [5, 5.41) is 12.6. The second-order valence-electron chi connectivity index (χ2n) is 4.71. The van der Waals surface area contributed by atoms with E-state index in [1.165, 1.54) is 7.11 Å². The number of carbonyl (C=O) groups excluding carboxylic acids is 1. The van der Waals surface area contributed by atoms with Crippen molar-refractivity contribution in [2.75, 3.05) is 13.7 Å². The number of phenols is 1. The van der Waals surface area contributed by atoms with Crippen LogP contribution in [0, 0.1) is 0 Å². The Labute approximate surface area is 129 Å². The molecule has 0 heterocycles. The van der Waals surface area contributed by atoms with E-state index < -0.39 is 6.09 Å². The molecule has 0 aliphatic rings. The van der Waals surface area contributed by atoms with Crippen LogP contribution in [-0.4, -0.2) is 24.9 Å². The van der Waals surface area contributed by atoms with Crippen LogP contribution in [0.2, 0.25) is 0 Å². The smallest absolute Gasteiger partial charge is 0.407 e. The van der Waals surface area contributed by atoms with E-state index in [4.69, 9.17) is 9.47 Å². The van der Waals surface area contributed by atoms with Gasteiger partial charge in [0, 0.05) is 6.54 Å². The van der Waals surface area contributed by atoms with Gasteiger partial charge in [0.15, 0.2) is 11.5 Å². The first-order chi connectivity index (χ1) is 10.7. The molecule has 2 N–H and O–H groups in total. The standard InChI is InChI=1S/C17H19NO4/c1-21-15-9-5-8-14(16(15)19)10-11-18-17(20)22-12-13-6-3-2-4-7-13/h2-9,19H,10-12H2,1H3,(H,18,20). The molecule has 0 unspecified atom stereocenters. The lowest BCUT2D eigenvalue weighted by Gasteiger charge is -2.10. The molecular weight excluding hydrogens is 282 g/mol. The summed E-state index contributed by atoms with van der Waals surface area (Å²) in [4.78, 5) is 11.6. The van der Waals surface area contributed by atoms with Crippen molar-refractivity contribution >= 4 is 6.09 Å². The third kappa shape index (κ3) is 4.41. The van der Waals surface area contributed by atoms with Crippen molar-refractivity contribution in [2.24, 2.45) is 0 Å². The highest BCUT2D eigenvalue weighted by atomic mass is 16.5. The highest BCUT2D eigenvalue weighted by molar-refractivity contribution is 5.67. The molecule has 5 nitrogen and oxygen atoms in total. The summed E-state index contributed by atoms with van der Waals surface area (Å²) in [6, 6.07) is 14.7. The number of para-hydroxylation sites is 1. The number of rotatable bonds is 6. The maximum Gasteiger partial charge on any atom is 0.407 e. The Bertz CT molecular complexity index is 613. The first-order valence-corrected chi connectivity index (χ1v) is 7.00. The number of methoxy groups -OCH3 is 1. The molecule has 2 aromatic carbocycles. The first-order valence-electron chi connectivity index (χ1n) is 7.00. The van der Waals surface area contributed by atoms with Crippen LogP contribution in [0.4, 0.5) is 4.79 Å². The van der Waals surface area contributed by atoms with Gasteiger partial charge in [-0.3, -0.25) is 0 Å². The van der Waals surface area contributed by atoms with Crippen LogP contribution >= 0.6 is 0 Å². The zero-order valence-corrected chi connectivity index (χ0v) is 12.4. The average Bonchev–Trinajstić information content (AvgIpc) is 2.55. The molecule has 0 aliphatic heterocycles. The molecule has 0 saturated carbocycles. The first kappa shape index (κ1) is 15.7. The number of hydrogen-bond acceptors (Lipinski definition) is 4. The van der Waals surface area contributed by atoms with E-state index >= 15 is 0 Å². The molecule has 116 valence electrons. The van der Waals surface area contributed by atoms with Crippen molar-refractivity contribution in [3.63, 3.8) is 0 Å². The maximum atomic E-state index is 11.6. The predicted octanol–water partition coefficient (Wildman–Crippen LogP) is 2.87. The van der Waals surface area contributed by atoms with E-state index in [-0.39, 0.29) is 12.4 Å². The number of carbonyl (C=O) groups is 1. The number of nitrogens with one attached hydrogen (secondary N) is 1. The fraction of sp³-hybridized carbons (Fsp3) is 0.235. The molecule has 0 atom stereocenters. The Kier molecular flexibility index (Phi) is 5.65. The van der Waals surface area contributed by atoms with E-state index in [0.717, 1.165) is 5.56 Å². The topological polar surface area (TPSA) is 67.8 Å². The molecule has 1 amide bonds. The molecule has 0 saturated heterocycles. The number of alkyl carbamates (subject to hydrolysis) is 1. The minimum Gasteiger partial charge on any atom is -0.504 e. The van der Waals surface area contributed by atoms with Crippen LogP contribution in [0.3, 0.4) is 0 Å². The predicted molar refractivity (Wildman–Crippen MR) is 83.0 cm³/mol. The molecule has 0 aliphatic carbocycles.